The predicted molar refractivity (Wildman–Crippen MR) is 106 cm³/mol. The maximum absolute atomic E-state index is 11.5. The second kappa shape index (κ2) is 10.0. The van der Waals surface area contributed by atoms with Gasteiger partial charge in [-0.3, -0.25) is 15.0 Å². The number of benzene rings is 1. The van der Waals surface area contributed by atoms with Crippen LogP contribution in [0.1, 0.15) is 25.1 Å². The number of thiazole rings is 1. The Labute approximate surface area is 168 Å². The number of ether oxygens (including phenoxy) is 3. The monoisotopic (exact) mass is 455 g/mol. The van der Waals surface area contributed by atoms with E-state index in [0.717, 1.165) is 0 Å². The van der Waals surface area contributed by atoms with Crippen molar-refractivity contribution in [3.05, 3.63) is 33.2 Å². The molecule has 10 heteroatoms. The van der Waals surface area contributed by atoms with Crippen molar-refractivity contribution in [2.45, 2.75) is 20.3 Å². The minimum absolute atomic E-state index is 0.123. The Morgan fingerprint density at radius 3 is 2.85 bits per heavy atom. The molecule has 27 heavy (non-hydrogen) atoms. The summed E-state index contributed by atoms with van der Waals surface area (Å²) in [5.74, 6) is -0.0622. The summed E-state index contributed by atoms with van der Waals surface area (Å²) in [4.78, 5) is 26.9. The van der Waals surface area contributed by atoms with Crippen LogP contribution in [0.5, 0.6) is 11.5 Å². The molecule has 2 rings (SSSR count). The van der Waals surface area contributed by atoms with Gasteiger partial charge in [-0.05, 0) is 40.5 Å². The van der Waals surface area contributed by atoms with Crippen molar-refractivity contribution < 1.29 is 23.8 Å². The number of halogens is 1. The van der Waals surface area contributed by atoms with Crippen LogP contribution in [0.25, 0.3) is 0 Å². The Balaban J connectivity index is 2.04. The molecule has 1 aromatic carbocycles. The first-order valence-corrected chi connectivity index (χ1v) is 9.55. The summed E-state index contributed by atoms with van der Waals surface area (Å²) in [5, 5.41) is 6.44. The third-order valence-electron chi connectivity index (χ3n) is 3.05. The van der Waals surface area contributed by atoms with Gasteiger partial charge in [0, 0.05) is 12.3 Å². The summed E-state index contributed by atoms with van der Waals surface area (Å²) in [6, 6.07) is 3.42. The Morgan fingerprint density at radius 2 is 2.19 bits per heavy atom. The minimum Gasteiger partial charge on any atom is -0.493 e. The number of esters is 2. The van der Waals surface area contributed by atoms with E-state index in [1.54, 1.807) is 30.7 Å². The van der Waals surface area contributed by atoms with Gasteiger partial charge in [0.2, 0.25) is 5.13 Å². The molecule has 1 N–H and O–H groups in total. The number of hydrogen-bond donors (Lipinski definition) is 1. The van der Waals surface area contributed by atoms with Gasteiger partial charge in [0.05, 0.1) is 36.5 Å². The van der Waals surface area contributed by atoms with Gasteiger partial charge in [-0.25, -0.2) is 4.98 Å². The molecule has 0 fully saturated rings. The zero-order chi connectivity index (χ0) is 19.8. The fourth-order valence-corrected chi connectivity index (χ4v) is 3.22. The zero-order valence-electron chi connectivity index (χ0n) is 14.9. The average Bonchev–Trinajstić information content (AvgIpc) is 3.04. The molecule has 0 aliphatic heterocycles. The number of rotatable bonds is 8. The van der Waals surface area contributed by atoms with E-state index in [1.165, 1.54) is 25.4 Å². The molecule has 0 saturated carbocycles. The van der Waals surface area contributed by atoms with Gasteiger partial charge in [-0.1, -0.05) is 0 Å². The van der Waals surface area contributed by atoms with Gasteiger partial charge in [0.15, 0.2) is 11.5 Å². The lowest BCUT2D eigenvalue weighted by Gasteiger charge is -2.10. The van der Waals surface area contributed by atoms with Crippen LogP contribution < -0.4 is 14.9 Å². The fraction of sp³-hybridized carbons (Fsp3) is 0.294. The first kappa shape index (κ1) is 20.8. The Bertz CT molecular complexity index is 853. The highest BCUT2D eigenvalue weighted by Crippen LogP contribution is 2.36. The molecule has 0 unspecified atom stereocenters. The molecular weight excluding hydrogens is 438 g/mol. The number of nitrogens with zero attached hydrogens (tertiary/aromatic N) is 2. The van der Waals surface area contributed by atoms with Crippen LogP contribution in [0.15, 0.2) is 27.1 Å². The molecule has 0 spiro atoms. The van der Waals surface area contributed by atoms with E-state index < -0.39 is 5.97 Å². The predicted octanol–water partition coefficient (Wildman–Crippen LogP) is 3.39. The van der Waals surface area contributed by atoms with Gasteiger partial charge >= 0.3 is 11.9 Å². The summed E-state index contributed by atoms with van der Waals surface area (Å²) < 4.78 is 15.8. The molecular formula is C17H18BrN3O5S. The highest BCUT2D eigenvalue weighted by molar-refractivity contribution is 9.10. The molecule has 144 valence electrons. The SMILES string of the molecule is CCOC(=O)Cc1csc(NN=Cc2cc(Br)c(OC(C)=O)c(OC)c2)n1. The molecule has 0 atom stereocenters. The van der Waals surface area contributed by atoms with Crippen molar-refractivity contribution in [3.63, 3.8) is 0 Å². The molecule has 1 heterocycles. The van der Waals surface area contributed by atoms with E-state index >= 15 is 0 Å². The first-order chi connectivity index (χ1) is 12.9. The lowest BCUT2D eigenvalue weighted by atomic mass is 10.2. The number of hydrazone groups is 1. The maximum atomic E-state index is 11.5. The normalized spacial score (nSPS) is 10.7. The van der Waals surface area contributed by atoms with Crippen molar-refractivity contribution in [2.75, 3.05) is 19.1 Å². The molecule has 1 aromatic heterocycles. The van der Waals surface area contributed by atoms with Gasteiger partial charge < -0.3 is 14.2 Å². The maximum Gasteiger partial charge on any atom is 0.311 e. The highest BCUT2D eigenvalue weighted by atomic mass is 79.9. The molecule has 0 saturated heterocycles. The number of anilines is 1. The van der Waals surface area contributed by atoms with E-state index in [-0.39, 0.29) is 12.4 Å². The Morgan fingerprint density at radius 1 is 1.41 bits per heavy atom. The molecule has 2 aromatic rings. The third kappa shape index (κ3) is 6.33. The number of aromatic nitrogens is 1. The molecule has 0 radical (unpaired) electrons. The first-order valence-electron chi connectivity index (χ1n) is 7.88. The summed E-state index contributed by atoms with van der Waals surface area (Å²) in [6.07, 6.45) is 1.69. The largest absolute Gasteiger partial charge is 0.493 e. The topological polar surface area (TPSA) is 99.1 Å². The number of methoxy groups -OCH3 is 1. The van der Waals surface area contributed by atoms with E-state index in [9.17, 15) is 9.59 Å². The van der Waals surface area contributed by atoms with Crippen LogP contribution in [0.2, 0.25) is 0 Å². The number of carbonyl (C=O) groups is 2. The van der Waals surface area contributed by atoms with Crippen molar-refractivity contribution in [1.82, 2.24) is 4.98 Å². The molecule has 0 aliphatic rings. The second-order valence-corrected chi connectivity index (χ2v) is 6.84. The van der Waals surface area contributed by atoms with E-state index in [0.29, 0.717) is 39.0 Å². The summed E-state index contributed by atoms with van der Waals surface area (Å²) in [7, 11) is 1.48. The number of nitrogens with one attached hydrogen (secondary N) is 1. The van der Waals surface area contributed by atoms with Crippen molar-refractivity contribution in [1.29, 1.82) is 0 Å². The van der Waals surface area contributed by atoms with E-state index in [2.05, 4.69) is 31.4 Å². The zero-order valence-corrected chi connectivity index (χ0v) is 17.3. The van der Waals surface area contributed by atoms with Crippen LogP contribution >= 0.6 is 27.3 Å². The van der Waals surface area contributed by atoms with Crippen molar-refractivity contribution in [3.8, 4) is 11.5 Å². The standard InChI is InChI=1S/C17H18BrN3O5S/c1-4-25-15(23)7-12-9-27-17(20-12)21-19-8-11-5-13(18)16(26-10(2)22)14(6-11)24-3/h5-6,8-9H,4,7H2,1-3H3,(H,20,21). The van der Waals surface area contributed by atoms with Crippen LogP contribution in [0.3, 0.4) is 0 Å². The summed E-state index contributed by atoms with van der Waals surface area (Å²) >= 11 is 4.68. The Hall–Kier alpha value is -2.46. The van der Waals surface area contributed by atoms with E-state index in [1.807, 2.05) is 0 Å². The lowest BCUT2D eigenvalue weighted by Crippen LogP contribution is -2.07. The molecule has 0 amide bonds. The number of hydrogen-bond acceptors (Lipinski definition) is 9. The van der Waals surface area contributed by atoms with Gasteiger partial charge in [-0.2, -0.15) is 5.10 Å². The smallest absolute Gasteiger partial charge is 0.311 e. The quantitative estimate of drug-likeness (QED) is 0.281. The summed E-state index contributed by atoms with van der Waals surface area (Å²) in [6.45, 7) is 3.41. The van der Waals surface area contributed by atoms with Crippen LogP contribution in [0.4, 0.5) is 5.13 Å². The van der Waals surface area contributed by atoms with Gasteiger partial charge in [-0.15, -0.1) is 11.3 Å². The molecule has 0 bridgehead atoms. The van der Waals surface area contributed by atoms with Gasteiger partial charge in [0.1, 0.15) is 0 Å². The van der Waals surface area contributed by atoms with E-state index in [4.69, 9.17) is 14.2 Å². The molecule has 0 aliphatic carbocycles. The van der Waals surface area contributed by atoms with Crippen LogP contribution in [-0.4, -0.2) is 36.9 Å². The van der Waals surface area contributed by atoms with Crippen molar-refractivity contribution >= 4 is 50.6 Å². The third-order valence-corrected chi connectivity index (χ3v) is 4.44. The molecule has 8 nitrogen and oxygen atoms in total. The minimum atomic E-state index is -0.445. The second-order valence-electron chi connectivity index (χ2n) is 5.12. The van der Waals surface area contributed by atoms with Crippen molar-refractivity contribution in [2.24, 2.45) is 5.10 Å². The lowest BCUT2D eigenvalue weighted by molar-refractivity contribution is -0.142. The average molecular weight is 456 g/mol. The number of carbonyl (C=O) groups excluding carboxylic acids is 2. The summed E-state index contributed by atoms with van der Waals surface area (Å²) in [5.41, 5.74) is 4.14. The highest BCUT2D eigenvalue weighted by Gasteiger charge is 2.13. The Kier molecular flexibility index (Phi) is 7.74. The van der Waals surface area contributed by atoms with Crippen LogP contribution in [-0.2, 0) is 20.7 Å². The fourth-order valence-electron chi connectivity index (χ4n) is 2.02. The van der Waals surface area contributed by atoms with Gasteiger partial charge in [0.25, 0.3) is 0 Å². The van der Waals surface area contributed by atoms with Crippen LogP contribution in [0, 0.1) is 0 Å².